The lowest BCUT2D eigenvalue weighted by Gasteiger charge is -2.35. The minimum Gasteiger partial charge on any atom is -0.488 e. The summed E-state index contributed by atoms with van der Waals surface area (Å²) in [5, 5.41) is 12.5. The largest absolute Gasteiger partial charge is 0.488 e. The number of hydrogen-bond donors (Lipinski definition) is 6. The molecule has 10 aliphatic rings. The molecular formula is C88H92N12O10. The van der Waals surface area contributed by atoms with Crippen LogP contribution in [0.1, 0.15) is 172 Å². The zero-order valence-electron chi connectivity index (χ0n) is 62.9. The van der Waals surface area contributed by atoms with Gasteiger partial charge in [0.15, 0.2) is 0 Å². The number of aromatic amines is 2. The molecule has 22 heteroatoms. The Morgan fingerprint density at radius 3 is 1.32 bits per heavy atom. The number of nitrogens with zero attached hydrogens (tertiary/aromatic N) is 6. The van der Waals surface area contributed by atoms with E-state index < -0.39 is 24.3 Å². The van der Waals surface area contributed by atoms with Crippen molar-refractivity contribution in [1.82, 2.24) is 51.0 Å². The summed E-state index contributed by atoms with van der Waals surface area (Å²) in [5.74, 6) is 4.82. The first kappa shape index (κ1) is 71.6. The highest BCUT2D eigenvalue weighted by atomic mass is 16.5. The van der Waals surface area contributed by atoms with Crippen molar-refractivity contribution in [3.05, 3.63) is 214 Å². The van der Waals surface area contributed by atoms with Gasteiger partial charge in [-0.15, -0.1) is 0 Å². The van der Waals surface area contributed by atoms with Gasteiger partial charge in [0.1, 0.15) is 72.2 Å². The highest BCUT2D eigenvalue weighted by Crippen LogP contribution is 2.55. The Morgan fingerprint density at radius 2 is 0.900 bits per heavy atom. The maximum absolute atomic E-state index is 13.8. The Labute approximate surface area is 640 Å². The van der Waals surface area contributed by atoms with E-state index in [4.69, 9.17) is 43.4 Å². The predicted molar refractivity (Wildman–Crippen MR) is 423 cm³/mol. The number of alkyl carbamates (subject to hydrolysis) is 2. The number of allylic oxidation sites excluding steroid dienone is 2. The van der Waals surface area contributed by atoms with Crippen LogP contribution in [0.2, 0.25) is 0 Å². The number of carbonyl (C=O) groups is 4. The molecule has 8 aromatic rings. The lowest BCUT2D eigenvalue weighted by molar-refractivity contribution is -0.134. The van der Waals surface area contributed by atoms with Crippen LogP contribution < -0.4 is 40.2 Å². The summed E-state index contributed by atoms with van der Waals surface area (Å²) >= 11 is 0. The molecule has 110 heavy (non-hydrogen) atoms. The van der Waals surface area contributed by atoms with E-state index in [0.29, 0.717) is 51.2 Å². The summed E-state index contributed by atoms with van der Waals surface area (Å²) in [6.45, 7) is 11.8. The molecule has 6 N–H and O–H groups in total. The first-order valence-electron chi connectivity index (χ1n) is 38.8. The molecule has 0 spiro atoms. The van der Waals surface area contributed by atoms with Crippen LogP contribution in [0.4, 0.5) is 9.59 Å². The van der Waals surface area contributed by atoms with Gasteiger partial charge in [0.2, 0.25) is 11.8 Å². The lowest BCUT2D eigenvalue weighted by Crippen LogP contribution is -2.53. The minimum absolute atomic E-state index is 0.109. The van der Waals surface area contributed by atoms with Crippen molar-refractivity contribution < 1.29 is 47.6 Å². The number of fused-ring (bicyclic) bond motifs is 8. The molecule has 0 aliphatic carbocycles. The van der Waals surface area contributed by atoms with Gasteiger partial charge in [0, 0.05) is 105 Å². The number of aromatic nitrogens is 4. The van der Waals surface area contributed by atoms with Gasteiger partial charge in [0.05, 0.1) is 62.2 Å². The van der Waals surface area contributed by atoms with E-state index in [1.54, 1.807) is 0 Å². The average Bonchev–Trinajstić information content (AvgIpc) is 1.18. The molecule has 0 saturated carbocycles. The van der Waals surface area contributed by atoms with Gasteiger partial charge < -0.3 is 69.5 Å². The molecular weight excluding hydrogens is 1390 g/mol. The number of imidazole rings is 2. The van der Waals surface area contributed by atoms with Crippen molar-refractivity contribution in [2.24, 2.45) is 21.8 Å². The third-order valence-corrected chi connectivity index (χ3v) is 23.2. The molecule has 4 fully saturated rings. The van der Waals surface area contributed by atoms with Gasteiger partial charge in [-0.1, -0.05) is 137 Å². The van der Waals surface area contributed by atoms with Crippen LogP contribution in [0.15, 0.2) is 168 Å². The molecule has 8 atom stereocenters. The average molecular weight is 1480 g/mol. The zero-order chi connectivity index (χ0) is 75.3. The summed E-state index contributed by atoms with van der Waals surface area (Å²) in [5.41, 5.74) is 20.9. The second-order valence-corrected chi connectivity index (χ2v) is 30.7. The molecule has 2 aromatic heterocycles. The number of hydrogen-bond acceptors (Lipinski definition) is 16. The number of carbonyl (C=O) groups excluding carboxylic acids is 4. The summed E-state index contributed by atoms with van der Waals surface area (Å²) in [7, 11) is 2.60. The van der Waals surface area contributed by atoms with E-state index in [9.17, 15) is 19.2 Å². The van der Waals surface area contributed by atoms with Crippen LogP contribution >= 0.6 is 0 Å². The van der Waals surface area contributed by atoms with E-state index in [2.05, 4.69) is 145 Å². The van der Waals surface area contributed by atoms with Gasteiger partial charge >= 0.3 is 12.2 Å². The van der Waals surface area contributed by atoms with Crippen LogP contribution in [0.3, 0.4) is 0 Å². The maximum Gasteiger partial charge on any atom is 0.407 e. The molecule has 6 aromatic carbocycles. The van der Waals surface area contributed by atoms with Gasteiger partial charge in [0.25, 0.3) is 0 Å². The Morgan fingerprint density at radius 1 is 0.491 bits per heavy atom. The summed E-state index contributed by atoms with van der Waals surface area (Å²) in [4.78, 5) is 81.8. The number of likely N-dealkylation sites (tertiary alicyclic amines) is 2. The van der Waals surface area contributed by atoms with Gasteiger partial charge in [-0.05, 0) is 134 Å². The quantitative estimate of drug-likeness (QED) is 0.0526. The number of rotatable bonds is 16. The molecule has 10 aliphatic heterocycles. The van der Waals surface area contributed by atoms with Crippen LogP contribution in [-0.4, -0.2) is 143 Å². The lowest BCUT2D eigenvalue weighted by atomic mass is 9.83. The molecule has 4 amide bonds. The summed E-state index contributed by atoms with van der Waals surface area (Å²) < 4.78 is 36.7. The number of aliphatic imine (C=N–C) groups is 2. The number of amides is 4. The van der Waals surface area contributed by atoms with Crippen molar-refractivity contribution in [3.8, 4) is 45.5 Å². The molecule has 0 radical (unpaired) electrons. The topological polar surface area (TPSA) is 260 Å². The first-order chi connectivity index (χ1) is 53.7. The predicted octanol–water partition coefficient (Wildman–Crippen LogP) is 15.0. The Balaban J connectivity index is 0.000000173. The number of benzene rings is 6. The first-order valence-corrected chi connectivity index (χ1v) is 38.8. The second kappa shape index (κ2) is 30.6. The molecule has 0 bridgehead atoms. The minimum atomic E-state index is -0.691. The molecule has 4 saturated heterocycles. The van der Waals surface area contributed by atoms with E-state index >= 15 is 0 Å². The third-order valence-electron chi connectivity index (χ3n) is 23.2. The second-order valence-electron chi connectivity index (χ2n) is 30.7. The SMILES string of the molecule is COC(=O)N[C@H](C(=O)N1CCC[C@H]1C1=NC=C(c2ccc3c(c2)OC(c2ccccc2)C2=C3COc3cc(C4=CN=C([C@@H]5CCCN5C(=O)[C@@H](NC(=O)OC)C(C)C)C4)ccc32)C1)C(C)C.c1ccc(C2Oc3cc(-c4cnc([C@@H]5CCCN5)[nH]4)ccc3C3=C2c2ccc(-c4cnc([C@@H]5CCCN5)[nH]4)cc2OC3)cc1. The van der Waals surface area contributed by atoms with Crippen LogP contribution in [-0.2, 0) is 19.1 Å². The van der Waals surface area contributed by atoms with Crippen molar-refractivity contribution in [2.75, 3.05) is 53.6 Å². The highest BCUT2D eigenvalue weighted by molar-refractivity contribution is 6.07. The van der Waals surface area contributed by atoms with Crippen LogP contribution in [0.25, 0.3) is 56.0 Å². The fraction of sp³-hybridized carbons (Fsp3) is 0.364. The van der Waals surface area contributed by atoms with Gasteiger partial charge in [-0.2, -0.15) is 0 Å². The molecule has 2 unspecified atom stereocenters. The smallest absolute Gasteiger partial charge is 0.407 e. The highest BCUT2D eigenvalue weighted by Gasteiger charge is 2.43. The molecule has 22 nitrogen and oxygen atoms in total. The van der Waals surface area contributed by atoms with Gasteiger partial charge in [-0.25, -0.2) is 19.6 Å². The van der Waals surface area contributed by atoms with E-state index in [-0.39, 0.29) is 47.9 Å². The maximum atomic E-state index is 13.8. The normalized spacial score (nSPS) is 21.9. The van der Waals surface area contributed by atoms with Crippen molar-refractivity contribution in [2.45, 2.75) is 140 Å². The van der Waals surface area contributed by atoms with E-state index in [0.717, 1.165) is 187 Å². The summed E-state index contributed by atoms with van der Waals surface area (Å²) in [6, 6.07) is 45.3. The molecule has 564 valence electrons. The summed E-state index contributed by atoms with van der Waals surface area (Å²) in [6.07, 6.45) is 15.0. The number of nitrogens with one attached hydrogen (secondary N) is 6. The monoisotopic (exact) mass is 1480 g/mol. The standard InChI is InChI=1S/C52H58N6O8.C36H34N6O2/c1-29(2)46(55-51(61)63-5)49(59)57-20-10-14-41(57)39-22-34(26-53-39)32-17-19-37-43(24-32)65-28-38-36-18-16-33(25-44(36)66-48(45(37)38)31-12-8-7-9-13-31)35-23-40(54-27-35)42-15-11-21-58(42)50(60)47(30(3)4)56-52(62)64-6;1-2-6-21(7-3-1)34-33-25-13-11-22(29-18-39-35(41-29)27-8-4-14-37-27)16-31(25)43-20-26(33)24-12-10-23(17-32(24)44-34)30-19-40-36(42-30)28-9-5-15-38-28/h7-9,12-13,16-19,24-27,29-30,41-42,46-48H,10-11,14-15,20-23,28H2,1-6H3,(H,55,61)(H,56,62);1-3,6-7,10-13,16-19,27-28,34,37-38H,4-5,8-9,14-15,20H2,(H,39,41)(H,40,42)/t41-,42-,46-,47-,48?;27-,28-,34?/m00/s1. The zero-order valence-corrected chi connectivity index (χ0v) is 62.9. The Kier molecular flexibility index (Phi) is 19.9. The molecule has 12 heterocycles. The third kappa shape index (κ3) is 13.8. The van der Waals surface area contributed by atoms with Crippen molar-refractivity contribution in [1.29, 1.82) is 0 Å². The number of ether oxygens (including phenoxy) is 6. The van der Waals surface area contributed by atoms with Crippen LogP contribution in [0.5, 0.6) is 23.0 Å². The number of H-pyrrole nitrogens is 2. The molecule has 18 rings (SSSR count). The van der Waals surface area contributed by atoms with Crippen molar-refractivity contribution in [3.63, 3.8) is 0 Å². The fourth-order valence-corrected chi connectivity index (χ4v) is 17.4. The number of methoxy groups -OCH3 is 2. The Bertz CT molecular complexity index is 5100. The van der Waals surface area contributed by atoms with Crippen molar-refractivity contribution >= 4 is 68.9 Å². The fourth-order valence-electron chi connectivity index (χ4n) is 17.4. The van der Waals surface area contributed by atoms with E-state index in [1.165, 1.54) is 38.2 Å². The van der Waals surface area contributed by atoms with Crippen LogP contribution in [0, 0.1) is 11.8 Å². The Hall–Kier alpha value is -11.4. The van der Waals surface area contributed by atoms with E-state index in [1.807, 2.05) is 86.6 Å². The van der Waals surface area contributed by atoms with Gasteiger partial charge in [-0.3, -0.25) is 19.6 Å².